The van der Waals surface area contributed by atoms with E-state index in [1.54, 1.807) is 0 Å². The van der Waals surface area contributed by atoms with E-state index in [1.165, 1.54) is 32.7 Å². The third kappa shape index (κ3) is 4.46. The van der Waals surface area contributed by atoms with E-state index in [0.717, 1.165) is 68.2 Å². The lowest BCUT2D eigenvalue weighted by Gasteiger charge is -2.17. The molecule has 0 saturated carbocycles. The van der Waals surface area contributed by atoms with Crippen molar-refractivity contribution in [3.8, 4) is 39.9 Å². The van der Waals surface area contributed by atoms with Crippen LogP contribution in [0.5, 0.6) is 0 Å². The summed E-state index contributed by atoms with van der Waals surface area (Å²) in [5.41, 5.74) is 10.2. The summed E-state index contributed by atoms with van der Waals surface area (Å²) in [6.07, 6.45) is 6.48. The topological polar surface area (TPSA) is 56.7 Å². The fourth-order valence-corrected chi connectivity index (χ4v) is 8.02. The normalized spacial score (nSPS) is 12.8. The molecule has 0 fully saturated rings. The Labute approximate surface area is 299 Å². The van der Waals surface area contributed by atoms with Gasteiger partial charge in [0.1, 0.15) is 11.2 Å². The molecular weight excluding hydrogens is 637 g/mol. The van der Waals surface area contributed by atoms with Crippen LogP contribution in [0.4, 0.5) is 0 Å². The standard InChI is InChI=1S/C47H30N4O/c1-2-13-30(14-3-1)45-48-46(34-23-22-29-12-4-5-15-31(29)26-34)50-47(49-45)37-24-25-42-43(36-19-9-11-21-41(36)52-42)44(37)51-39-20-10-8-18-35(39)38-27-32-16-6-7-17-33(32)28-40(38)51/h1-4,6-14,16-28H,5,15H2. The van der Waals surface area contributed by atoms with Gasteiger partial charge in [0.25, 0.3) is 0 Å². The van der Waals surface area contributed by atoms with Crippen LogP contribution in [0.25, 0.3) is 100 Å². The Morgan fingerprint density at radius 3 is 2.13 bits per heavy atom. The van der Waals surface area contributed by atoms with Crippen molar-refractivity contribution >= 4 is 60.6 Å². The van der Waals surface area contributed by atoms with E-state index in [4.69, 9.17) is 19.4 Å². The van der Waals surface area contributed by atoms with E-state index in [-0.39, 0.29) is 0 Å². The van der Waals surface area contributed by atoms with Crippen LogP contribution in [0.15, 0.2) is 156 Å². The molecule has 5 nitrogen and oxygen atoms in total. The molecule has 5 heteroatoms. The molecule has 0 bridgehead atoms. The van der Waals surface area contributed by atoms with E-state index in [2.05, 4.69) is 132 Å². The molecule has 0 amide bonds. The lowest BCUT2D eigenvalue weighted by molar-refractivity contribution is 0.669. The number of fused-ring (bicyclic) bond motifs is 8. The van der Waals surface area contributed by atoms with Crippen molar-refractivity contribution in [1.82, 2.24) is 19.5 Å². The first-order valence-electron chi connectivity index (χ1n) is 17.8. The average molecular weight is 667 g/mol. The number of allylic oxidation sites excluding steroid dienone is 1. The first kappa shape index (κ1) is 28.9. The van der Waals surface area contributed by atoms with Gasteiger partial charge in [-0.05, 0) is 77.2 Å². The summed E-state index contributed by atoms with van der Waals surface area (Å²) in [6.45, 7) is 0. The Morgan fingerprint density at radius 1 is 0.519 bits per heavy atom. The molecular formula is C47H30N4O. The Bertz CT molecular complexity index is 3080. The van der Waals surface area contributed by atoms with Gasteiger partial charge in [-0.3, -0.25) is 0 Å². The fourth-order valence-electron chi connectivity index (χ4n) is 8.02. The Hall–Kier alpha value is -6.85. The van der Waals surface area contributed by atoms with Crippen LogP contribution < -0.4 is 0 Å². The first-order chi connectivity index (χ1) is 25.8. The fraction of sp³-hybridized carbons (Fsp3) is 0.0426. The molecule has 0 spiro atoms. The molecule has 244 valence electrons. The van der Waals surface area contributed by atoms with Gasteiger partial charge < -0.3 is 8.98 Å². The molecule has 11 rings (SSSR count). The van der Waals surface area contributed by atoms with E-state index < -0.39 is 0 Å². The van der Waals surface area contributed by atoms with Crippen molar-refractivity contribution in [3.63, 3.8) is 0 Å². The highest BCUT2D eigenvalue weighted by molar-refractivity contribution is 6.18. The Morgan fingerprint density at radius 2 is 1.25 bits per heavy atom. The first-order valence-corrected chi connectivity index (χ1v) is 17.8. The van der Waals surface area contributed by atoms with Gasteiger partial charge in [-0.25, -0.2) is 15.0 Å². The zero-order valence-electron chi connectivity index (χ0n) is 28.1. The van der Waals surface area contributed by atoms with Crippen LogP contribution in [0.3, 0.4) is 0 Å². The zero-order chi connectivity index (χ0) is 34.2. The second kappa shape index (κ2) is 11.3. The smallest absolute Gasteiger partial charge is 0.166 e. The lowest BCUT2D eigenvalue weighted by atomic mass is 9.95. The van der Waals surface area contributed by atoms with E-state index in [1.807, 2.05) is 30.3 Å². The Kier molecular flexibility index (Phi) is 6.31. The number of aromatic nitrogens is 4. The molecule has 10 aromatic rings. The number of hydrogen-bond donors (Lipinski definition) is 0. The van der Waals surface area contributed by atoms with Crippen molar-refractivity contribution in [2.45, 2.75) is 12.8 Å². The monoisotopic (exact) mass is 666 g/mol. The summed E-state index contributed by atoms with van der Waals surface area (Å²) < 4.78 is 8.94. The van der Waals surface area contributed by atoms with E-state index in [0.29, 0.717) is 17.5 Å². The predicted molar refractivity (Wildman–Crippen MR) is 213 cm³/mol. The molecule has 0 N–H and O–H groups in total. The molecule has 0 atom stereocenters. The van der Waals surface area contributed by atoms with Crippen LogP contribution >= 0.6 is 0 Å². The van der Waals surface area contributed by atoms with Gasteiger partial charge in [0.15, 0.2) is 17.5 Å². The van der Waals surface area contributed by atoms with Crippen LogP contribution in [0.2, 0.25) is 0 Å². The molecule has 3 aromatic heterocycles. The van der Waals surface area contributed by atoms with Gasteiger partial charge in [-0.1, -0.05) is 115 Å². The summed E-state index contributed by atoms with van der Waals surface area (Å²) >= 11 is 0. The molecule has 0 radical (unpaired) electrons. The van der Waals surface area contributed by atoms with Gasteiger partial charge in [-0.2, -0.15) is 0 Å². The minimum atomic E-state index is 0.607. The van der Waals surface area contributed by atoms with Gasteiger partial charge in [0, 0.05) is 32.8 Å². The minimum Gasteiger partial charge on any atom is -0.456 e. The lowest BCUT2D eigenvalue weighted by Crippen LogP contribution is -2.04. The minimum absolute atomic E-state index is 0.607. The number of furan rings is 1. The quantitative estimate of drug-likeness (QED) is 0.188. The van der Waals surface area contributed by atoms with E-state index >= 15 is 0 Å². The van der Waals surface area contributed by atoms with Crippen molar-refractivity contribution in [2.24, 2.45) is 0 Å². The molecule has 7 aromatic carbocycles. The SMILES string of the molecule is C1=Cc2ccc(-c3nc(-c4ccccc4)nc(-c4ccc5oc6ccccc6c5c4-n4c5ccccc5c5cc6ccccc6cc54)n3)cc2CC1. The molecule has 0 saturated heterocycles. The highest BCUT2D eigenvalue weighted by Crippen LogP contribution is 2.44. The van der Waals surface area contributed by atoms with Crippen LogP contribution in [0.1, 0.15) is 17.5 Å². The largest absolute Gasteiger partial charge is 0.456 e. The summed E-state index contributed by atoms with van der Waals surface area (Å²) in [4.78, 5) is 15.7. The summed E-state index contributed by atoms with van der Waals surface area (Å²) in [7, 11) is 0. The van der Waals surface area contributed by atoms with Crippen LogP contribution in [0, 0.1) is 0 Å². The van der Waals surface area contributed by atoms with Gasteiger partial charge in [0.05, 0.1) is 22.1 Å². The van der Waals surface area contributed by atoms with Crippen molar-refractivity contribution in [3.05, 3.63) is 163 Å². The number of rotatable bonds is 4. The molecule has 0 aliphatic heterocycles. The van der Waals surface area contributed by atoms with Crippen molar-refractivity contribution in [1.29, 1.82) is 0 Å². The third-order valence-corrected chi connectivity index (χ3v) is 10.5. The Balaban J connectivity index is 1.27. The second-order valence-corrected chi connectivity index (χ2v) is 13.5. The zero-order valence-corrected chi connectivity index (χ0v) is 28.1. The number of aryl methyl sites for hydroxylation is 1. The molecule has 1 aliphatic rings. The molecule has 52 heavy (non-hydrogen) atoms. The molecule has 1 aliphatic carbocycles. The number of nitrogens with zero attached hydrogens (tertiary/aromatic N) is 4. The summed E-state index contributed by atoms with van der Waals surface area (Å²) in [5.74, 6) is 1.89. The van der Waals surface area contributed by atoms with Gasteiger partial charge in [0.2, 0.25) is 0 Å². The average Bonchev–Trinajstić information content (AvgIpc) is 3.75. The maximum absolute atomic E-state index is 6.54. The van der Waals surface area contributed by atoms with Crippen LogP contribution in [-0.4, -0.2) is 19.5 Å². The number of para-hydroxylation sites is 2. The highest BCUT2D eigenvalue weighted by atomic mass is 16.3. The summed E-state index contributed by atoms with van der Waals surface area (Å²) in [5, 5.41) is 6.83. The van der Waals surface area contributed by atoms with Crippen molar-refractivity contribution < 1.29 is 4.42 Å². The maximum Gasteiger partial charge on any atom is 0.166 e. The summed E-state index contributed by atoms with van der Waals surface area (Å²) in [6, 6.07) is 51.1. The predicted octanol–water partition coefficient (Wildman–Crippen LogP) is 12.0. The van der Waals surface area contributed by atoms with Gasteiger partial charge >= 0.3 is 0 Å². The van der Waals surface area contributed by atoms with Crippen LogP contribution in [-0.2, 0) is 6.42 Å². The van der Waals surface area contributed by atoms with E-state index in [9.17, 15) is 0 Å². The highest BCUT2D eigenvalue weighted by Gasteiger charge is 2.24. The van der Waals surface area contributed by atoms with Crippen molar-refractivity contribution in [2.75, 3.05) is 0 Å². The maximum atomic E-state index is 6.54. The second-order valence-electron chi connectivity index (χ2n) is 13.5. The molecule has 3 heterocycles. The third-order valence-electron chi connectivity index (χ3n) is 10.5. The molecule has 0 unspecified atom stereocenters. The number of hydrogen-bond acceptors (Lipinski definition) is 4. The van der Waals surface area contributed by atoms with Gasteiger partial charge in [-0.15, -0.1) is 0 Å². The number of benzene rings is 7.